The van der Waals surface area contributed by atoms with Crippen LogP contribution in [0.3, 0.4) is 0 Å². The zero-order valence-corrected chi connectivity index (χ0v) is 20.7. The predicted octanol–water partition coefficient (Wildman–Crippen LogP) is 6.77. The Labute approximate surface area is 220 Å². The van der Waals surface area contributed by atoms with Crippen LogP contribution in [-0.4, -0.2) is 19.7 Å². The number of rotatable bonds is 6. The van der Waals surface area contributed by atoms with Gasteiger partial charge >= 0.3 is 0 Å². The van der Waals surface area contributed by atoms with Gasteiger partial charge in [-0.3, -0.25) is 4.98 Å². The van der Waals surface area contributed by atoms with Gasteiger partial charge in [-0.2, -0.15) is 5.26 Å². The SMILES string of the molecule is Cn1cnnc1C(Nc1cc(Cl)c2ncc(C#N)c(Nc3ccc(F)c(Cl)c3)c2c1)c1ccc(F)cc1. The maximum atomic E-state index is 13.7. The van der Waals surface area contributed by atoms with Crippen LogP contribution in [0.15, 0.2) is 67.1 Å². The lowest BCUT2D eigenvalue weighted by Crippen LogP contribution is -2.17. The molecule has 0 spiro atoms. The Hall–Kier alpha value is -4.26. The Bertz CT molecular complexity index is 1660. The fraction of sp³-hybridized carbons (Fsp3) is 0.0769. The van der Waals surface area contributed by atoms with E-state index in [0.29, 0.717) is 38.8 Å². The van der Waals surface area contributed by atoms with Crippen LogP contribution < -0.4 is 10.6 Å². The van der Waals surface area contributed by atoms with E-state index in [-0.39, 0.29) is 16.4 Å². The molecule has 0 radical (unpaired) electrons. The van der Waals surface area contributed by atoms with Gasteiger partial charge in [0.15, 0.2) is 5.82 Å². The molecule has 0 saturated carbocycles. The van der Waals surface area contributed by atoms with Gasteiger partial charge in [0.05, 0.1) is 26.8 Å². The van der Waals surface area contributed by atoms with Gasteiger partial charge in [-0.05, 0) is 48.0 Å². The molecule has 3 aromatic carbocycles. The fourth-order valence-corrected chi connectivity index (χ4v) is 4.40. The molecule has 1 unspecified atom stereocenters. The number of nitrogens with one attached hydrogen (secondary N) is 2. The Balaban J connectivity index is 1.62. The van der Waals surface area contributed by atoms with Crippen LogP contribution in [0, 0.1) is 23.0 Å². The van der Waals surface area contributed by atoms with Gasteiger partial charge in [0, 0.05) is 30.0 Å². The van der Waals surface area contributed by atoms with Gasteiger partial charge in [-0.1, -0.05) is 35.3 Å². The second-order valence-corrected chi connectivity index (χ2v) is 9.01. The largest absolute Gasteiger partial charge is 0.371 e. The molecule has 184 valence electrons. The van der Waals surface area contributed by atoms with E-state index in [9.17, 15) is 14.0 Å². The third kappa shape index (κ3) is 4.89. The van der Waals surface area contributed by atoms with E-state index in [1.54, 1.807) is 42.2 Å². The summed E-state index contributed by atoms with van der Waals surface area (Å²) in [6, 6.07) is 15.3. The second kappa shape index (κ2) is 10.0. The number of anilines is 3. The minimum absolute atomic E-state index is 0.0620. The summed E-state index contributed by atoms with van der Waals surface area (Å²) in [6.07, 6.45) is 2.98. The van der Waals surface area contributed by atoms with Crippen LogP contribution >= 0.6 is 23.2 Å². The van der Waals surface area contributed by atoms with E-state index in [1.165, 1.54) is 36.5 Å². The Kier molecular flexibility index (Phi) is 6.61. The predicted molar refractivity (Wildman–Crippen MR) is 139 cm³/mol. The molecule has 37 heavy (non-hydrogen) atoms. The number of aryl methyl sites for hydroxylation is 1. The van der Waals surface area contributed by atoms with Crippen molar-refractivity contribution >= 4 is 51.2 Å². The molecule has 11 heteroatoms. The minimum Gasteiger partial charge on any atom is -0.371 e. The van der Waals surface area contributed by atoms with E-state index in [4.69, 9.17) is 23.2 Å². The summed E-state index contributed by atoms with van der Waals surface area (Å²) in [7, 11) is 1.81. The maximum absolute atomic E-state index is 13.7. The van der Waals surface area contributed by atoms with E-state index in [0.717, 1.165) is 5.56 Å². The number of aromatic nitrogens is 4. The molecule has 0 aliphatic carbocycles. The third-order valence-corrected chi connectivity index (χ3v) is 6.33. The summed E-state index contributed by atoms with van der Waals surface area (Å²) in [6.45, 7) is 0. The first-order valence-corrected chi connectivity index (χ1v) is 11.7. The lowest BCUT2D eigenvalue weighted by atomic mass is 10.0. The van der Waals surface area contributed by atoms with E-state index in [2.05, 4.69) is 31.9 Å². The van der Waals surface area contributed by atoms with Crippen LogP contribution in [0.2, 0.25) is 10.0 Å². The summed E-state index contributed by atoms with van der Waals surface area (Å²) >= 11 is 12.6. The molecular weight excluding hydrogens is 519 g/mol. The normalized spacial score (nSPS) is 11.8. The Morgan fingerprint density at radius 3 is 2.43 bits per heavy atom. The number of fused-ring (bicyclic) bond motifs is 1. The van der Waals surface area contributed by atoms with Gasteiger partial charge in [0.1, 0.15) is 30.1 Å². The highest BCUT2D eigenvalue weighted by Gasteiger charge is 2.21. The van der Waals surface area contributed by atoms with E-state index in [1.807, 2.05) is 0 Å². The highest BCUT2D eigenvalue weighted by Crippen LogP contribution is 2.37. The highest BCUT2D eigenvalue weighted by molar-refractivity contribution is 6.36. The van der Waals surface area contributed by atoms with Gasteiger partial charge in [-0.15, -0.1) is 10.2 Å². The van der Waals surface area contributed by atoms with Gasteiger partial charge in [0.25, 0.3) is 0 Å². The van der Waals surface area contributed by atoms with Gasteiger partial charge < -0.3 is 15.2 Å². The van der Waals surface area contributed by atoms with E-state index >= 15 is 0 Å². The van der Waals surface area contributed by atoms with Crippen molar-refractivity contribution in [2.75, 3.05) is 10.6 Å². The molecule has 5 rings (SSSR count). The average Bonchev–Trinajstić information content (AvgIpc) is 3.31. The summed E-state index contributed by atoms with van der Waals surface area (Å²) in [5.74, 6) is -0.329. The van der Waals surface area contributed by atoms with Crippen molar-refractivity contribution in [3.63, 3.8) is 0 Å². The Morgan fingerprint density at radius 2 is 1.76 bits per heavy atom. The van der Waals surface area contributed by atoms with Crippen molar-refractivity contribution < 1.29 is 8.78 Å². The van der Waals surface area contributed by atoms with Crippen LogP contribution in [0.4, 0.5) is 25.8 Å². The molecule has 0 aliphatic heterocycles. The monoisotopic (exact) mass is 535 g/mol. The van der Waals surface area contributed by atoms with Crippen LogP contribution in [0.1, 0.15) is 23.0 Å². The molecule has 1 atom stereocenters. The number of hydrogen-bond acceptors (Lipinski definition) is 6. The first-order chi connectivity index (χ1) is 17.8. The first kappa shape index (κ1) is 24.4. The van der Waals surface area contributed by atoms with Crippen molar-refractivity contribution in [2.24, 2.45) is 7.05 Å². The van der Waals surface area contributed by atoms with Crippen LogP contribution in [0.25, 0.3) is 10.9 Å². The molecule has 0 fully saturated rings. The molecule has 2 aromatic heterocycles. The fourth-order valence-electron chi connectivity index (χ4n) is 3.95. The van der Waals surface area contributed by atoms with Crippen molar-refractivity contribution in [3.05, 3.63) is 106 Å². The van der Waals surface area contributed by atoms with Gasteiger partial charge in [0.2, 0.25) is 0 Å². The number of hydrogen-bond donors (Lipinski definition) is 2. The summed E-state index contributed by atoms with van der Waals surface area (Å²) in [5.41, 5.74) is 2.96. The maximum Gasteiger partial charge on any atom is 0.159 e. The number of nitriles is 1. The Morgan fingerprint density at radius 1 is 1.00 bits per heavy atom. The number of nitrogens with zero attached hydrogens (tertiary/aromatic N) is 5. The third-order valence-electron chi connectivity index (χ3n) is 5.75. The lowest BCUT2D eigenvalue weighted by molar-refractivity contribution is 0.626. The minimum atomic E-state index is -0.558. The summed E-state index contributed by atoms with van der Waals surface area (Å²) in [5, 5.41) is 25.3. The second-order valence-electron chi connectivity index (χ2n) is 8.20. The number of benzene rings is 3. The zero-order chi connectivity index (χ0) is 26.1. The van der Waals surface area contributed by atoms with Crippen molar-refractivity contribution in [1.29, 1.82) is 5.26 Å². The number of pyridine rings is 1. The molecular formula is C26H17Cl2F2N7. The lowest BCUT2D eigenvalue weighted by Gasteiger charge is -2.21. The molecule has 0 aliphatic rings. The molecule has 2 N–H and O–H groups in total. The topological polar surface area (TPSA) is 91.5 Å². The van der Waals surface area contributed by atoms with E-state index < -0.39 is 11.9 Å². The van der Waals surface area contributed by atoms with Crippen molar-refractivity contribution in [1.82, 2.24) is 19.7 Å². The number of halogens is 4. The first-order valence-electron chi connectivity index (χ1n) is 10.9. The van der Waals surface area contributed by atoms with Crippen LogP contribution in [0.5, 0.6) is 0 Å². The molecule has 2 heterocycles. The molecule has 0 amide bonds. The van der Waals surface area contributed by atoms with Crippen molar-refractivity contribution in [3.8, 4) is 6.07 Å². The zero-order valence-electron chi connectivity index (χ0n) is 19.2. The standard InChI is InChI=1S/C26H17Cl2F2N7/c1-37-13-33-36-26(37)24(14-2-4-16(29)5-3-14)35-18-8-19-23(34-17-6-7-22(30)20(27)9-17)15(11-31)12-32-25(19)21(28)10-18/h2-10,12-13,24,35H,1H3,(H,32,34). The summed E-state index contributed by atoms with van der Waals surface area (Å²) < 4.78 is 29.1. The molecule has 5 aromatic rings. The van der Waals surface area contributed by atoms with Crippen molar-refractivity contribution in [2.45, 2.75) is 6.04 Å². The quantitative estimate of drug-likeness (QED) is 0.249. The molecule has 0 saturated heterocycles. The van der Waals surface area contributed by atoms with Crippen LogP contribution in [-0.2, 0) is 7.05 Å². The summed E-state index contributed by atoms with van der Waals surface area (Å²) in [4.78, 5) is 4.36. The average molecular weight is 536 g/mol. The smallest absolute Gasteiger partial charge is 0.159 e. The molecule has 0 bridgehead atoms. The highest BCUT2D eigenvalue weighted by atomic mass is 35.5. The molecule has 7 nitrogen and oxygen atoms in total. The van der Waals surface area contributed by atoms with Gasteiger partial charge in [-0.25, -0.2) is 8.78 Å².